The van der Waals surface area contributed by atoms with E-state index < -0.39 is 27.7 Å². The van der Waals surface area contributed by atoms with Crippen LogP contribution in [0.25, 0.3) is 17.1 Å². The van der Waals surface area contributed by atoms with E-state index in [4.69, 9.17) is 5.14 Å². The number of hydrogen-bond acceptors (Lipinski definition) is 3. The largest absolute Gasteiger partial charge is 0.434 e. The Bertz CT molecular complexity index is 1040. The molecular weight excluding hydrogens is 374 g/mol. The van der Waals surface area contributed by atoms with Gasteiger partial charge in [-0.3, -0.25) is 4.57 Å². The maximum absolute atomic E-state index is 13.1. The van der Waals surface area contributed by atoms with Crippen LogP contribution in [0.2, 0.25) is 0 Å². The molecule has 1 heterocycles. The Morgan fingerprint density at radius 3 is 2.04 bits per heavy atom. The van der Waals surface area contributed by atoms with Gasteiger partial charge in [-0.05, 0) is 48.5 Å². The molecule has 0 atom stereocenters. The number of sulfonamides is 1. The van der Waals surface area contributed by atoms with Gasteiger partial charge in [0, 0.05) is 17.4 Å². The van der Waals surface area contributed by atoms with Crippen LogP contribution in [-0.2, 0) is 16.2 Å². The Kier molecular flexibility index (Phi) is 4.32. The normalized spacial score (nSPS) is 12.3. The van der Waals surface area contributed by atoms with Gasteiger partial charge in [0.05, 0.1) is 4.90 Å². The van der Waals surface area contributed by atoms with Crippen molar-refractivity contribution in [1.82, 2.24) is 9.55 Å². The minimum atomic E-state index is -4.68. The first-order valence-corrected chi connectivity index (χ1v) is 8.66. The summed E-state index contributed by atoms with van der Waals surface area (Å²) in [6, 6.07) is 9.75. The first-order chi connectivity index (χ1) is 12.1. The van der Waals surface area contributed by atoms with Crippen LogP contribution in [0.3, 0.4) is 0 Å². The number of rotatable bonds is 3. The number of nitrogens with two attached hydrogens (primary N) is 1. The monoisotopic (exact) mass is 385 g/mol. The molecule has 3 aromatic rings. The summed E-state index contributed by atoms with van der Waals surface area (Å²) in [6.45, 7) is 0. The summed E-state index contributed by atoms with van der Waals surface area (Å²) in [4.78, 5) is 3.42. The number of halogens is 4. The van der Waals surface area contributed by atoms with Crippen LogP contribution >= 0.6 is 0 Å². The van der Waals surface area contributed by atoms with Gasteiger partial charge in [0.1, 0.15) is 11.6 Å². The van der Waals surface area contributed by atoms with E-state index in [-0.39, 0.29) is 22.0 Å². The van der Waals surface area contributed by atoms with E-state index >= 15 is 0 Å². The van der Waals surface area contributed by atoms with Gasteiger partial charge in [-0.2, -0.15) is 13.2 Å². The zero-order valence-electron chi connectivity index (χ0n) is 12.9. The van der Waals surface area contributed by atoms with Crippen molar-refractivity contribution in [3.05, 3.63) is 66.2 Å². The molecule has 26 heavy (non-hydrogen) atoms. The zero-order valence-corrected chi connectivity index (χ0v) is 13.7. The van der Waals surface area contributed by atoms with Crippen LogP contribution in [0, 0.1) is 5.82 Å². The van der Waals surface area contributed by atoms with Gasteiger partial charge >= 0.3 is 6.18 Å². The molecule has 0 spiro atoms. The number of benzene rings is 2. The van der Waals surface area contributed by atoms with E-state index in [0.717, 1.165) is 22.9 Å². The molecule has 1 aromatic heterocycles. The molecule has 136 valence electrons. The quantitative estimate of drug-likeness (QED) is 0.703. The van der Waals surface area contributed by atoms with Gasteiger partial charge in [-0.15, -0.1) is 0 Å². The number of hydrogen-bond donors (Lipinski definition) is 1. The highest BCUT2D eigenvalue weighted by Crippen LogP contribution is 2.32. The molecule has 2 aromatic carbocycles. The molecule has 0 aliphatic heterocycles. The second kappa shape index (κ2) is 6.22. The second-order valence-corrected chi connectivity index (χ2v) is 6.92. The predicted molar refractivity (Wildman–Crippen MR) is 85.3 cm³/mol. The zero-order chi connectivity index (χ0) is 19.1. The maximum Gasteiger partial charge on any atom is 0.434 e. The molecule has 0 radical (unpaired) electrons. The van der Waals surface area contributed by atoms with Crippen LogP contribution < -0.4 is 5.14 Å². The number of alkyl halides is 3. The average Bonchev–Trinajstić information content (AvgIpc) is 3.00. The molecule has 0 aliphatic rings. The van der Waals surface area contributed by atoms with E-state index in [0.29, 0.717) is 0 Å². The summed E-state index contributed by atoms with van der Waals surface area (Å²) in [5.41, 5.74) is -0.635. The van der Waals surface area contributed by atoms with E-state index in [9.17, 15) is 26.0 Å². The van der Waals surface area contributed by atoms with E-state index in [1.165, 1.54) is 36.4 Å². The van der Waals surface area contributed by atoms with Crippen LogP contribution in [0.5, 0.6) is 0 Å². The van der Waals surface area contributed by atoms with Gasteiger partial charge in [0.2, 0.25) is 10.0 Å². The van der Waals surface area contributed by atoms with Crippen molar-refractivity contribution < 1.29 is 26.0 Å². The van der Waals surface area contributed by atoms with Crippen molar-refractivity contribution in [2.45, 2.75) is 11.1 Å². The highest BCUT2D eigenvalue weighted by Gasteiger charge is 2.35. The summed E-state index contributed by atoms with van der Waals surface area (Å²) in [5, 5.41) is 5.01. The Morgan fingerprint density at radius 2 is 1.54 bits per heavy atom. The SMILES string of the molecule is NS(=O)(=O)c1ccc(-c2nc(C(F)(F)F)cn2-c2ccc(F)cc2)cc1. The Balaban J connectivity index is 2.16. The summed E-state index contributed by atoms with van der Waals surface area (Å²) in [5.74, 6) is -0.617. The molecule has 0 saturated carbocycles. The van der Waals surface area contributed by atoms with Gasteiger partial charge in [0.15, 0.2) is 5.69 Å². The van der Waals surface area contributed by atoms with E-state index in [1.807, 2.05) is 0 Å². The molecule has 0 aliphatic carbocycles. The Morgan fingerprint density at radius 1 is 0.962 bits per heavy atom. The van der Waals surface area contributed by atoms with Crippen LogP contribution in [0.4, 0.5) is 17.6 Å². The molecule has 3 rings (SSSR count). The fourth-order valence-electron chi connectivity index (χ4n) is 2.31. The highest BCUT2D eigenvalue weighted by atomic mass is 32.2. The standard InChI is InChI=1S/C16H11F4N3O2S/c17-11-3-5-12(6-4-11)23-9-14(16(18,19)20)22-15(23)10-1-7-13(8-2-10)26(21,24)25/h1-9H,(H2,21,24,25). The van der Waals surface area contributed by atoms with Gasteiger partial charge in [0.25, 0.3) is 0 Å². The van der Waals surface area contributed by atoms with Crippen molar-refractivity contribution in [3.63, 3.8) is 0 Å². The summed E-state index contributed by atoms with van der Waals surface area (Å²) >= 11 is 0. The minimum Gasteiger partial charge on any atom is -0.299 e. The molecule has 0 unspecified atom stereocenters. The second-order valence-electron chi connectivity index (χ2n) is 5.36. The third-order valence-corrected chi connectivity index (χ3v) is 4.47. The van der Waals surface area contributed by atoms with Gasteiger partial charge < -0.3 is 0 Å². The molecule has 10 heteroatoms. The van der Waals surface area contributed by atoms with Gasteiger partial charge in [-0.1, -0.05) is 0 Å². The van der Waals surface area contributed by atoms with Crippen molar-refractivity contribution in [1.29, 1.82) is 0 Å². The highest BCUT2D eigenvalue weighted by molar-refractivity contribution is 7.89. The summed E-state index contributed by atoms with van der Waals surface area (Å²) in [6.07, 6.45) is -3.89. The fraction of sp³-hybridized carbons (Fsp3) is 0.0625. The summed E-state index contributed by atoms with van der Waals surface area (Å²) in [7, 11) is -3.94. The molecule has 0 amide bonds. The average molecular weight is 385 g/mol. The lowest BCUT2D eigenvalue weighted by molar-refractivity contribution is -0.140. The summed E-state index contributed by atoms with van der Waals surface area (Å²) < 4.78 is 76.1. The van der Waals surface area contributed by atoms with Crippen molar-refractivity contribution in [2.24, 2.45) is 5.14 Å². The topological polar surface area (TPSA) is 78.0 Å². The number of primary sulfonamides is 1. The Labute approximate surface area is 145 Å². The predicted octanol–water partition coefficient (Wildman–Crippen LogP) is 3.34. The lowest BCUT2D eigenvalue weighted by Crippen LogP contribution is -2.11. The maximum atomic E-state index is 13.1. The third kappa shape index (κ3) is 3.60. The first-order valence-electron chi connectivity index (χ1n) is 7.11. The van der Waals surface area contributed by atoms with Crippen molar-refractivity contribution in [3.8, 4) is 17.1 Å². The first kappa shape index (κ1) is 18.1. The van der Waals surface area contributed by atoms with Crippen LogP contribution in [0.15, 0.2) is 59.6 Å². The lowest BCUT2D eigenvalue weighted by atomic mass is 10.2. The molecule has 0 saturated heterocycles. The van der Waals surface area contributed by atoms with Crippen molar-refractivity contribution >= 4 is 10.0 Å². The molecule has 0 bridgehead atoms. The third-order valence-electron chi connectivity index (χ3n) is 3.54. The number of nitrogens with zero attached hydrogens (tertiary/aromatic N) is 2. The van der Waals surface area contributed by atoms with Gasteiger partial charge in [-0.25, -0.2) is 22.9 Å². The lowest BCUT2D eigenvalue weighted by Gasteiger charge is -2.08. The molecule has 0 fully saturated rings. The van der Waals surface area contributed by atoms with Crippen LogP contribution in [-0.4, -0.2) is 18.0 Å². The smallest absolute Gasteiger partial charge is 0.299 e. The minimum absolute atomic E-state index is 0.0788. The van der Waals surface area contributed by atoms with E-state index in [1.54, 1.807) is 0 Å². The molecule has 2 N–H and O–H groups in total. The fourth-order valence-corrected chi connectivity index (χ4v) is 2.83. The van der Waals surface area contributed by atoms with Crippen molar-refractivity contribution in [2.75, 3.05) is 0 Å². The molecule has 5 nitrogen and oxygen atoms in total. The number of imidazole rings is 1. The van der Waals surface area contributed by atoms with Crippen LogP contribution in [0.1, 0.15) is 5.69 Å². The molecular formula is C16H11F4N3O2S. The number of aromatic nitrogens is 2. The van der Waals surface area contributed by atoms with E-state index in [2.05, 4.69) is 4.98 Å². The Hall–Kier alpha value is -2.72.